The summed E-state index contributed by atoms with van der Waals surface area (Å²) in [6.45, 7) is 7.57. The predicted octanol–water partition coefficient (Wildman–Crippen LogP) is 1.59. The van der Waals surface area contributed by atoms with Crippen LogP contribution in [-0.2, 0) is 15.7 Å². The summed E-state index contributed by atoms with van der Waals surface area (Å²) in [5.41, 5.74) is -0.678. The fourth-order valence-corrected chi connectivity index (χ4v) is 1.84. The molecular formula is C13H16BFN2O2. The smallest absolute Gasteiger partial charge is 0.398 e. The summed E-state index contributed by atoms with van der Waals surface area (Å²) in [5, 5.41) is 8.67. The molecule has 0 bridgehead atoms. The SMILES string of the molecule is CC1(C)OB(c2nccc(CC#N)c2F)OC1(C)C. The van der Waals surface area contributed by atoms with Crippen molar-refractivity contribution in [3.63, 3.8) is 0 Å². The zero-order chi connectivity index (χ0) is 14.3. The number of halogens is 1. The standard InChI is InChI=1S/C13H16BFN2O2/c1-12(2)13(3,4)19-14(18-12)11-10(15)9(5-7-16)6-8-17-11/h6,8H,5H2,1-4H3. The van der Waals surface area contributed by atoms with E-state index in [0.717, 1.165) is 0 Å². The van der Waals surface area contributed by atoms with Gasteiger partial charge in [0.2, 0.25) is 0 Å². The minimum atomic E-state index is -0.844. The number of hydrogen-bond donors (Lipinski definition) is 0. The Labute approximate surface area is 112 Å². The lowest BCUT2D eigenvalue weighted by Gasteiger charge is -2.32. The van der Waals surface area contributed by atoms with E-state index in [1.54, 1.807) is 0 Å². The Morgan fingerprint density at radius 3 is 2.42 bits per heavy atom. The maximum Gasteiger partial charge on any atom is 0.517 e. The number of nitriles is 1. The highest BCUT2D eigenvalue weighted by atomic mass is 19.1. The number of aromatic nitrogens is 1. The lowest BCUT2D eigenvalue weighted by molar-refractivity contribution is 0.00578. The van der Waals surface area contributed by atoms with E-state index in [0.29, 0.717) is 5.56 Å². The van der Waals surface area contributed by atoms with Crippen LogP contribution < -0.4 is 5.59 Å². The molecule has 0 aromatic carbocycles. The molecular weight excluding hydrogens is 246 g/mol. The lowest BCUT2D eigenvalue weighted by Crippen LogP contribution is -2.41. The molecule has 100 valence electrons. The topological polar surface area (TPSA) is 55.1 Å². The summed E-state index contributed by atoms with van der Waals surface area (Å²) >= 11 is 0. The zero-order valence-corrected chi connectivity index (χ0v) is 11.5. The zero-order valence-electron chi connectivity index (χ0n) is 11.5. The van der Waals surface area contributed by atoms with Gasteiger partial charge < -0.3 is 9.31 Å². The second-order valence-corrected chi connectivity index (χ2v) is 5.59. The quantitative estimate of drug-likeness (QED) is 0.759. The third-order valence-corrected chi connectivity index (χ3v) is 3.74. The van der Waals surface area contributed by atoms with Gasteiger partial charge in [-0.15, -0.1) is 0 Å². The molecule has 0 amide bonds. The molecule has 1 aromatic rings. The van der Waals surface area contributed by atoms with Gasteiger partial charge in [-0.3, -0.25) is 4.98 Å². The van der Waals surface area contributed by atoms with Crippen LogP contribution in [0, 0.1) is 17.1 Å². The molecule has 0 aliphatic carbocycles. The first-order valence-electron chi connectivity index (χ1n) is 6.14. The van der Waals surface area contributed by atoms with Crippen molar-refractivity contribution in [1.29, 1.82) is 5.26 Å². The van der Waals surface area contributed by atoms with Crippen LogP contribution in [0.3, 0.4) is 0 Å². The first-order valence-corrected chi connectivity index (χ1v) is 6.14. The van der Waals surface area contributed by atoms with Gasteiger partial charge in [0.15, 0.2) is 0 Å². The van der Waals surface area contributed by atoms with Crippen LogP contribution in [0.1, 0.15) is 33.3 Å². The minimum Gasteiger partial charge on any atom is -0.398 e. The van der Waals surface area contributed by atoms with E-state index in [-0.39, 0.29) is 12.0 Å². The first-order chi connectivity index (χ1) is 8.78. The van der Waals surface area contributed by atoms with Crippen molar-refractivity contribution in [2.75, 3.05) is 0 Å². The van der Waals surface area contributed by atoms with E-state index in [9.17, 15) is 4.39 Å². The van der Waals surface area contributed by atoms with E-state index in [4.69, 9.17) is 14.6 Å². The average molecular weight is 262 g/mol. The number of hydrogen-bond acceptors (Lipinski definition) is 4. The van der Waals surface area contributed by atoms with Gasteiger partial charge in [0.1, 0.15) is 11.4 Å². The molecule has 0 spiro atoms. The van der Waals surface area contributed by atoms with Crippen LogP contribution in [0.4, 0.5) is 4.39 Å². The molecule has 6 heteroatoms. The van der Waals surface area contributed by atoms with Crippen molar-refractivity contribution in [2.45, 2.75) is 45.3 Å². The monoisotopic (exact) mass is 262 g/mol. The van der Waals surface area contributed by atoms with E-state index < -0.39 is 24.1 Å². The van der Waals surface area contributed by atoms with E-state index in [1.165, 1.54) is 12.3 Å². The fourth-order valence-electron chi connectivity index (χ4n) is 1.84. The van der Waals surface area contributed by atoms with E-state index >= 15 is 0 Å². The Morgan fingerprint density at radius 1 is 1.32 bits per heavy atom. The molecule has 0 unspecified atom stereocenters. The van der Waals surface area contributed by atoms with Gasteiger partial charge in [-0.1, -0.05) is 0 Å². The minimum absolute atomic E-state index is 0.000852. The third kappa shape index (κ3) is 2.36. The Bertz CT molecular complexity index is 524. The first kappa shape index (κ1) is 14.0. The van der Waals surface area contributed by atoms with Crippen molar-refractivity contribution >= 4 is 12.7 Å². The highest BCUT2D eigenvalue weighted by Gasteiger charge is 2.53. The molecule has 0 N–H and O–H groups in total. The van der Waals surface area contributed by atoms with Gasteiger partial charge in [0.05, 0.1) is 23.7 Å². The van der Waals surface area contributed by atoms with Crippen LogP contribution in [-0.4, -0.2) is 23.3 Å². The summed E-state index contributed by atoms with van der Waals surface area (Å²) in [5.74, 6) is -0.525. The van der Waals surface area contributed by atoms with Crippen LogP contribution in [0.5, 0.6) is 0 Å². The molecule has 1 aliphatic heterocycles. The summed E-state index contributed by atoms with van der Waals surface area (Å²) in [7, 11) is -0.844. The van der Waals surface area contributed by atoms with Gasteiger partial charge in [0.25, 0.3) is 0 Å². The van der Waals surface area contributed by atoms with Gasteiger partial charge in [-0.2, -0.15) is 5.26 Å². The fraction of sp³-hybridized carbons (Fsp3) is 0.538. The van der Waals surface area contributed by atoms with Crippen LogP contribution in [0.2, 0.25) is 0 Å². The molecule has 1 aromatic heterocycles. The molecule has 19 heavy (non-hydrogen) atoms. The number of rotatable bonds is 2. The van der Waals surface area contributed by atoms with Gasteiger partial charge in [-0.05, 0) is 33.8 Å². The Hall–Kier alpha value is -1.45. The lowest BCUT2D eigenvalue weighted by atomic mass is 9.82. The van der Waals surface area contributed by atoms with Gasteiger partial charge >= 0.3 is 7.12 Å². The Morgan fingerprint density at radius 2 is 1.89 bits per heavy atom. The maximum absolute atomic E-state index is 14.2. The van der Waals surface area contributed by atoms with Crippen molar-refractivity contribution < 1.29 is 13.7 Å². The van der Waals surface area contributed by atoms with Crippen LogP contribution >= 0.6 is 0 Å². The third-order valence-electron chi connectivity index (χ3n) is 3.74. The highest BCUT2D eigenvalue weighted by Crippen LogP contribution is 2.36. The van der Waals surface area contributed by atoms with Crippen molar-refractivity contribution in [2.24, 2.45) is 0 Å². The van der Waals surface area contributed by atoms with Crippen LogP contribution in [0.15, 0.2) is 12.3 Å². The highest BCUT2D eigenvalue weighted by molar-refractivity contribution is 6.61. The van der Waals surface area contributed by atoms with Crippen molar-refractivity contribution in [3.8, 4) is 6.07 Å². The molecule has 2 heterocycles. The molecule has 1 aliphatic rings. The summed E-state index contributed by atoms with van der Waals surface area (Å²) in [6, 6.07) is 3.42. The number of nitrogens with zero attached hydrogens (tertiary/aromatic N) is 2. The Balaban J connectivity index is 2.35. The van der Waals surface area contributed by atoms with Crippen LogP contribution in [0.25, 0.3) is 0 Å². The molecule has 0 radical (unpaired) electrons. The van der Waals surface area contributed by atoms with Gasteiger partial charge in [0, 0.05) is 11.8 Å². The Kier molecular flexibility index (Phi) is 3.37. The second kappa shape index (κ2) is 4.59. The maximum atomic E-state index is 14.2. The molecule has 4 nitrogen and oxygen atoms in total. The molecule has 1 fully saturated rings. The van der Waals surface area contributed by atoms with E-state index in [2.05, 4.69) is 4.98 Å². The van der Waals surface area contributed by atoms with E-state index in [1.807, 2.05) is 33.8 Å². The number of pyridine rings is 1. The summed E-state index contributed by atoms with van der Waals surface area (Å²) < 4.78 is 25.8. The molecule has 0 saturated carbocycles. The predicted molar refractivity (Wildman–Crippen MR) is 69.2 cm³/mol. The molecule has 2 rings (SSSR count). The average Bonchev–Trinajstić information content (AvgIpc) is 2.51. The largest absolute Gasteiger partial charge is 0.517 e. The van der Waals surface area contributed by atoms with Crippen molar-refractivity contribution in [1.82, 2.24) is 4.98 Å². The van der Waals surface area contributed by atoms with Crippen molar-refractivity contribution in [3.05, 3.63) is 23.6 Å². The molecule has 1 saturated heterocycles. The second-order valence-electron chi connectivity index (χ2n) is 5.59. The normalized spacial score (nSPS) is 20.3. The summed E-state index contributed by atoms with van der Waals surface area (Å²) in [4.78, 5) is 4.00. The molecule has 0 atom stereocenters. The summed E-state index contributed by atoms with van der Waals surface area (Å²) in [6.07, 6.45) is 1.47. The van der Waals surface area contributed by atoms with Gasteiger partial charge in [-0.25, -0.2) is 4.39 Å².